The van der Waals surface area contributed by atoms with Gasteiger partial charge in [-0.05, 0) is 68.5 Å². The van der Waals surface area contributed by atoms with Crippen molar-refractivity contribution in [1.29, 1.82) is 5.26 Å². The van der Waals surface area contributed by atoms with Crippen molar-refractivity contribution < 1.29 is 29.0 Å². The molecular formula is C33H41ClN4O6. The van der Waals surface area contributed by atoms with Crippen LogP contribution < -0.4 is 20.7 Å². The summed E-state index contributed by atoms with van der Waals surface area (Å²) in [6.45, 7) is 9.06. The Morgan fingerprint density at radius 3 is 2.23 bits per heavy atom. The number of nitrogens with one attached hydrogen (secondary N) is 3. The number of carboxylic acids is 1. The molecule has 2 aliphatic carbocycles. The van der Waals surface area contributed by atoms with Gasteiger partial charge in [-0.1, -0.05) is 39.3 Å². The number of carbonyl (C=O) groups excluding carboxylic acids is 2. The molecule has 2 aromatic rings. The van der Waals surface area contributed by atoms with Gasteiger partial charge in [0.25, 0.3) is 0 Å². The molecule has 11 heteroatoms. The van der Waals surface area contributed by atoms with Crippen LogP contribution in [0.5, 0.6) is 5.75 Å². The van der Waals surface area contributed by atoms with Crippen molar-refractivity contribution in [2.45, 2.75) is 71.9 Å². The van der Waals surface area contributed by atoms with E-state index in [1.54, 1.807) is 18.2 Å². The predicted octanol–water partition coefficient (Wildman–Crippen LogP) is 5.61. The molecule has 236 valence electrons. The zero-order valence-corrected chi connectivity index (χ0v) is 26.4. The summed E-state index contributed by atoms with van der Waals surface area (Å²) in [5.74, 6) is -0.982. The SMILES string of the molecule is CC1(C)C(NC(=O)C2(C(=O)Nc3ccc(NCCCCCOCC(=O)O)cc3)CC2)C(C)(C)C1Oc1ccc(C#N)c(Cl)c1. The number of unbranched alkanes of at least 4 members (excludes halogenated alkanes) is 2. The van der Waals surface area contributed by atoms with E-state index in [4.69, 9.17) is 31.4 Å². The first-order valence-electron chi connectivity index (χ1n) is 14.9. The molecule has 2 amide bonds. The number of carbonyl (C=O) groups is 3. The van der Waals surface area contributed by atoms with Crippen LogP contribution in [0.3, 0.4) is 0 Å². The normalized spacial score (nSPS) is 20.4. The van der Waals surface area contributed by atoms with Crippen molar-refractivity contribution in [3.05, 3.63) is 53.1 Å². The highest BCUT2D eigenvalue weighted by atomic mass is 35.5. The Hall–Kier alpha value is -3.81. The zero-order valence-electron chi connectivity index (χ0n) is 25.7. The highest BCUT2D eigenvalue weighted by molar-refractivity contribution is 6.31. The Balaban J connectivity index is 1.26. The number of rotatable bonds is 15. The lowest BCUT2D eigenvalue weighted by atomic mass is 9.49. The first-order chi connectivity index (χ1) is 20.8. The summed E-state index contributed by atoms with van der Waals surface area (Å²) in [7, 11) is 0. The number of anilines is 2. The monoisotopic (exact) mass is 624 g/mol. The van der Waals surface area contributed by atoms with Gasteiger partial charge in [0, 0.05) is 47.5 Å². The third-order valence-electron chi connectivity index (χ3n) is 8.71. The van der Waals surface area contributed by atoms with Gasteiger partial charge in [-0.2, -0.15) is 5.26 Å². The molecule has 0 unspecified atom stereocenters. The molecule has 4 rings (SSSR count). The first-order valence-corrected chi connectivity index (χ1v) is 15.3. The van der Waals surface area contributed by atoms with Gasteiger partial charge in [-0.25, -0.2) is 4.79 Å². The van der Waals surface area contributed by atoms with Gasteiger partial charge in [-0.15, -0.1) is 0 Å². The van der Waals surface area contributed by atoms with Crippen molar-refractivity contribution in [3.8, 4) is 11.8 Å². The summed E-state index contributed by atoms with van der Waals surface area (Å²) in [4.78, 5) is 37.3. The summed E-state index contributed by atoms with van der Waals surface area (Å²) in [5, 5.41) is 27.5. The van der Waals surface area contributed by atoms with Crippen LogP contribution in [0.4, 0.5) is 11.4 Å². The summed E-state index contributed by atoms with van der Waals surface area (Å²) < 4.78 is 11.3. The zero-order chi connectivity index (χ0) is 32.1. The minimum atomic E-state index is -1.09. The number of amides is 2. The Morgan fingerprint density at radius 2 is 1.64 bits per heavy atom. The van der Waals surface area contributed by atoms with E-state index in [9.17, 15) is 14.4 Å². The minimum Gasteiger partial charge on any atom is -0.489 e. The summed E-state index contributed by atoms with van der Waals surface area (Å²) in [5.41, 5.74) is -0.0360. The molecule has 0 saturated heterocycles. The molecule has 0 heterocycles. The number of benzene rings is 2. The highest BCUT2D eigenvalue weighted by Gasteiger charge is 2.66. The standard InChI is InChI=1S/C33H41ClN4O6/c1-31(2)27(32(3,4)28(31)44-24-13-8-21(19-35)25(34)18-24)38-30(42)33(14-15-33)29(41)37-23-11-9-22(10-12-23)36-16-6-5-7-17-43-20-26(39)40/h8-13,18,27-28,36H,5-7,14-17,20H2,1-4H3,(H,37,41)(H,38,42)(H,39,40). The Labute approximate surface area is 263 Å². The molecule has 10 nitrogen and oxygen atoms in total. The second kappa shape index (κ2) is 13.4. The van der Waals surface area contributed by atoms with Gasteiger partial charge in [0.05, 0.1) is 10.6 Å². The second-order valence-electron chi connectivity index (χ2n) is 12.8. The lowest BCUT2D eigenvalue weighted by Crippen LogP contribution is -2.75. The number of hydrogen-bond donors (Lipinski definition) is 4. The minimum absolute atomic E-state index is 0.228. The maximum Gasteiger partial charge on any atom is 0.329 e. The number of carboxylic acid groups (broad SMARTS) is 1. The van der Waals surface area contributed by atoms with Crippen LogP contribution in [0.25, 0.3) is 0 Å². The van der Waals surface area contributed by atoms with E-state index in [0.29, 0.717) is 41.5 Å². The largest absolute Gasteiger partial charge is 0.489 e. The van der Waals surface area contributed by atoms with E-state index >= 15 is 0 Å². The molecule has 0 aromatic heterocycles. The number of nitriles is 1. The Morgan fingerprint density at radius 1 is 0.977 bits per heavy atom. The van der Waals surface area contributed by atoms with Crippen molar-refractivity contribution in [3.63, 3.8) is 0 Å². The number of nitrogens with zero attached hydrogens (tertiary/aromatic N) is 1. The predicted molar refractivity (Wildman–Crippen MR) is 168 cm³/mol. The number of aliphatic carboxylic acids is 1. The molecule has 0 bridgehead atoms. The van der Waals surface area contributed by atoms with Crippen LogP contribution in [0.1, 0.15) is 65.4 Å². The van der Waals surface area contributed by atoms with E-state index in [-0.39, 0.29) is 30.6 Å². The van der Waals surface area contributed by atoms with Crippen LogP contribution >= 0.6 is 11.6 Å². The Bertz CT molecular complexity index is 1400. The van der Waals surface area contributed by atoms with Crippen molar-refractivity contribution in [2.75, 3.05) is 30.4 Å². The average Bonchev–Trinajstić information content (AvgIpc) is 3.79. The number of hydrogen-bond acceptors (Lipinski definition) is 7. The fraction of sp³-hybridized carbons (Fsp3) is 0.515. The molecule has 2 aromatic carbocycles. The lowest BCUT2D eigenvalue weighted by Gasteiger charge is -2.63. The van der Waals surface area contributed by atoms with E-state index in [1.807, 2.05) is 58.0 Å². The van der Waals surface area contributed by atoms with Gasteiger partial charge in [0.1, 0.15) is 29.9 Å². The number of halogens is 1. The van der Waals surface area contributed by atoms with Gasteiger partial charge in [0.2, 0.25) is 11.8 Å². The van der Waals surface area contributed by atoms with Crippen LogP contribution in [-0.2, 0) is 19.1 Å². The van der Waals surface area contributed by atoms with Crippen molar-refractivity contribution >= 4 is 40.8 Å². The molecule has 0 spiro atoms. The fourth-order valence-corrected chi connectivity index (χ4v) is 6.58. The molecule has 44 heavy (non-hydrogen) atoms. The summed E-state index contributed by atoms with van der Waals surface area (Å²) in [6, 6.07) is 14.2. The van der Waals surface area contributed by atoms with Crippen molar-refractivity contribution in [1.82, 2.24) is 5.32 Å². The van der Waals surface area contributed by atoms with Crippen LogP contribution in [0, 0.1) is 27.6 Å². The van der Waals surface area contributed by atoms with Crippen LogP contribution in [0.15, 0.2) is 42.5 Å². The molecule has 0 atom stereocenters. The maximum atomic E-state index is 13.5. The summed E-state index contributed by atoms with van der Waals surface area (Å²) >= 11 is 6.20. The quantitative estimate of drug-likeness (QED) is 0.147. The molecular weight excluding hydrogens is 584 g/mol. The van der Waals surface area contributed by atoms with Gasteiger partial charge in [0.15, 0.2) is 0 Å². The fourth-order valence-electron chi connectivity index (χ4n) is 6.37. The first kappa shape index (κ1) is 33.1. The second-order valence-corrected chi connectivity index (χ2v) is 13.3. The van der Waals surface area contributed by atoms with Crippen LogP contribution in [0.2, 0.25) is 5.02 Å². The molecule has 0 aliphatic heterocycles. The average molecular weight is 625 g/mol. The lowest BCUT2D eigenvalue weighted by molar-refractivity contribution is -0.175. The van der Waals surface area contributed by atoms with E-state index < -0.39 is 22.2 Å². The topological polar surface area (TPSA) is 150 Å². The smallest absolute Gasteiger partial charge is 0.329 e. The summed E-state index contributed by atoms with van der Waals surface area (Å²) in [6.07, 6.45) is 3.37. The third-order valence-corrected chi connectivity index (χ3v) is 9.02. The molecule has 2 fully saturated rings. The molecule has 2 aliphatic rings. The highest BCUT2D eigenvalue weighted by Crippen LogP contribution is 2.57. The van der Waals surface area contributed by atoms with E-state index in [0.717, 1.165) is 31.5 Å². The number of ether oxygens (including phenoxy) is 2. The van der Waals surface area contributed by atoms with Gasteiger partial charge < -0.3 is 30.5 Å². The van der Waals surface area contributed by atoms with Crippen LogP contribution in [-0.4, -0.2) is 54.8 Å². The van der Waals surface area contributed by atoms with Crippen molar-refractivity contribution in [2.24, 2.45) is 16.2 Å². The maximum absolute atomic E-state index is 13.5. The molecule has 2 saturated carbocycles. The third kappa shape index (κ3) is 7.28. The van der Waals surface area contributed by atoms with E-state index in [2.05, 4.69) is 16.0 Å². The van der Waals surface area contributed by atoms with Gasteiger partial charge in [-0.3, -0.25) is 9.59 Å². The molecule has 4 N–H and O–H groups in total. The molecule has 0 radical (unpaired) electrons. The Kier molecular flexibility index (Phi) is 10.1. The van der Waals surface area contributed by atoms with E-state index in [1.165, 1.54) is 0 Å². The van der Waals surface area contributed by atoms with Gasteiger partial charge >= 0.3 is 5.97 Å².